The van der Waals surface area contributed by atoms with Gasteiger partial charge in [0.05, 0.1) is 39.6 Å². The minimum atomic E-state index is -0.840. The van der Waals surface area contributed by atoms with Gasteiger partial charge in [-0.1, -0.05) is 65.2 Å². The van der Waals surface area contributed by atoms with Gasteiger partial charge in [0, 0.05) is 20.3 Å². The number of amides is 2. The lowest BCUT2D eigenvalue weighted by atomic mass is 9.89. The molecular weight excluding hydrogens is 406 g/mol. The van der Waals surface area contributed by atoms with Gasteiger partial charge < -0.3 is 25.0 Å². The molecule has 32 heavy (non-hydrogen) atoms. The summed E-state index contributed by atoms with van der Waals surface area (Å²) in [6, 6.07) is -0.656. The van der Waals surface area contributed by atoms with Crippen molar-refractivity contribution in [3.8, 4) is 0 Å². The molecule has 0 aromatic heterocycles. The number of carboxylic acid groups (broad SMARTS) is 1. The van der Waals surface area contributed by atoms with Gasteiger partial charge in [-0.3, -0.25) is 4.79 Å². The van der Waals surface area contributed by atoms with Gasteiger partial charge in [0.1, 0.15) is 0 Å². The van der Waals surface area contributed by atoms with E-state index in [1.165, 1.54) is 51.4 Å². The second kappa shape index (κ2) is 18.1. The Labute approximate surface area is 197 Å². The maximum Gasteiger partial charge on any atom is 0.315 e. The summed E-state index contributed by atoms with van der Waals surface area (Å²) in [5, 5.41) is 15.6. The number of methoxy groups -OCH3 is 1. The van der Waals surface area contributed by atoms with E-state index in [0.29, 0.717) is 24.0 Å². The fourth-order valence-electron chi connectivity index (χ4n) is 4.02. The van der Waals surface area contributed by atoms with Gasteiger partial charge >= 0.3 is 12.0 Å². The number of carbonyl (C=O) groups is 2. The highest BCUT2D eigenvalue weighted by molar-refractivity contribution is 5.76. The first-order valence-electron chi connectivity index (χ1n) is 12.6. The van der Waals surface area contributed by atoms with Crippen LogP contribution >= 0.6 is 0 Å². The molecule has 1 unspecified atom stereocenters. The highest BCUT2D eigenvalue weighted by Crippen LogP contribution is 2.18. The molecule has 0 saturated carbocycles. The van der Waals surface area contributed by atoms with Crippen LogP contribution in [-0.2, 0) is 9.53 Å². The number of likely N-dealkylation sites (N-methyl/N-ethyl adjacent to an activating group) is 1. The van der Waals surface area contributed by atoms with E-state index in [1.807, 2.05) is 35.0 Å². The van der Waals surface area contributed by atoms with Gasteiger partial charge in [-0.05, 0) is 25.2 Å². The van der Waals surface area contributed by atoms with Crippen molar-refractivity contribution in [2.45, 2.75) is 90.5 Å². The largest absolute Gasteiger partial charge is 0.481 e. The molecule has 0 saturated heterocycles. The molecular formula is C25H52N3O4+. The van der Waals surface area contributed by atoms with Gasteiger partial charge in [0.2, 0.25) is 0 Å². The Morgan fingerprint density at radius 3 is 1.81 bits per heavy atom. The zero-order valence-corrected chi connectivity index (χ0v) is 21.8. The average molecular weight is 459 g/mol. The van der Waals surface area contributed by atoms with Crippen LogP contribution in [0, 0.1) is 11.8 Å². The van der Waals surface area contributed by atoms with E-state index < -0.39 is 17.9 Å². The van der Waals surface area contributed by atoms with Crippen molar-refractivity contribution in [3.05, 3.63) is 0 Å². The number of carbonyl (C=O) groups excluding carboxylic acids is 1. The van der Waals surface area contributed by atoms with E-state index in [4.69, 9.17) is 4.74 Å². The first-order valence-corrected chi connectivity index (χ1v) is 12.6. The number of quaternary nitrogens is 1. The Bertz CT molecular complexity index is 492. The fraction of sp³-hybridized carbons (Fsp3) is 0.920. The van der Waals surface area contributed by atoms with Crippen molar-refractivity contribution in [2.24, 2.45) is 11.8 Å². The Balaban J connectivity index is 4.09. The number of rotatable bonds is 20. The lowest BCUT2D eigenvalue weighted by molar-refractivity contribution is -0.871. The van der Waals surface area contributed by atoms with Crippen molar-refractivity contribution >= 4 is 12.0 Å². The molecule has 0 spiro atoms. The van der Waals surface area contributed by atoms with Crippen molar-refractivity contribution in [2.75, 3.05) is 47.9 Å². The van der Waals surface area contributed by atoms with Crippen LogP contribution in [0.1, 0.15) is 84.5 Å². The number of urea groups is 1. The van der Waals surface area contributed by atoms with E-state index in [0.717, 1.165) is 19.4 Å². The summed E-state index contributed by atoms with van der Waals surface area (Å²) >= 11 is 0. The Kier molecular flexibility index (Phi) is 17.4. The van der Waals surface area contributed by atoms with Crippen LogP contribution in [0.25, 0.3) is 0 Å². The van der Waals surface area contributed by atoms with E-state index in [2.05, 4.69) is 10.6 Å². The third-order valence-electron chi connectivity index (χ3n) is 5.65. The lowest BCUT2D eigenvalue weighted by Gasteiger charge is -2.33. The number of carboxylic acids is 1. The quantitative estimate of drug-likeness (QED) is 0.183. The topological polar surface area (TPSA) is 87.7 Å². The number of unbranched alkanes of at least 4 members (excludes halogenated alkanes) is 9. The Morgan fingerprint density at radius 1 is 0.875 bits per heavy atom. The summed E-state index contributed by atoms with van der Waals surface area (Å²) in [4.78, 5) is 24.3. The standard InChI is InChI=1S/C25H51N3O4/c1-21(2)19-22(24(29)30)23(20-28(3,4)5)27-25(31)26-17-15-13-11-9-7-8-10-12-14-16-18-32-6/h21-23H,7-20H2,1-6H3,(H2-,26,27,29,30,31)/p+1/t22-,23?/m1/s1. The van der Waals surface area contributed by atoms with Crippen LogP contribution < -0.4 is 10.6 Å². The van der Waals surface area contributed by atoms with E-state index in [9.17, 15) is 14.7 Å². The summed E-state index contributed by atoms with van der Waals surface area (Å²) in [7, 11) is 7.81. The molecule has 0 aliphatic rings. The Hall–Kier alpha value is -1.34. The predicted molar refractivity (Wildman–Crippen MR) is 132 cm³/mol. The summed E-state index contributed by atoms with van der Waals surface area (Å²) in [5.74, 6) is -1.17. The molecule has 0 radical (unpaired) electrons. The molecule has 0 bridgehead atoms. The minimum Gasteiger partial charge on any atom is -0.481 e. The molecule has 0 aliphatic heterocycles. The van der Waals surface area contributed by atoms with Crippen LogP contribution in [-0.4, -0.2) is 75.6 Å². The molecule has 2 atom stereocenters. The SMILES string of the molecule is COCCCCCCCCCCCCNC(=O)NC(C[N+](C)(C)C)[C@@H](CC(C)C)C(=O)O. The zero-order chi connectivity index (χ0) is 24.4. The minimum absolute atomic E-state index is 0.256. The molecule has 0 heterocycles. The summed E-state index contributed by atoms with van der Waals surface area (Å²) in [5.41, 5.74) is 0. The molecule has 0 fully saturated rings. The van der Waals surface area contributed by atoms with Crippen molar-refractivity contribution < 1.29 is 23.9 Å². The molecule has 3 N–H and O–H groups in total. The molecule has 0 aromatic carbocycles. The summed E-state index contributed by atoms with van der Waals surface area (Å²) in [6.45, 7) is 6.11. The number of nitrogens with one attached hydrogen (secondary N) is 2. The van der Waals surface area contributed by atoms with E-state index in [1.54, 1.807) is 7.11 Å². The zero-order valence-electron chi connectivity index (χ0n) is 21.8. The number of aliphatic carboxylic acids is 1. The highest BCUT2D eigenvalue weighted by Gasteiger charge is 2.34. The first kappa shape index (κ1) is 30.7. The molecule has 0 aromatic rings. The summed E-state index contributed by atoms with van der Waals surface area (Å²) in [6.07, 6.45) is 12.7. The van der Waals surface area contributed by atoms with Gasteiger partial charge in [0.25, 0.3) is 0 Å². The highest BCUT2D eigenvalue weighted by atomic mass is 16.5. The maximum absolute atomic E-state index is 12.4. The van der Waals surface area contributed by atoms with Crippen LogP contribution in [0.5, 0.6) is 0 Å². The molecule has 2 amide bonds. The van der Waals surface area contributed by atoms with Crippen LogP contribution in [0.15, 0.2) is 0 Å². The lowest BCUT2D eigenvalue weighted by Crippen LogP contribution is -2.56. The third-order valence-corrected chi connectivity index (χ3v) is 5.65. The number of nitrogens with zero attached hydrogens (tertiary/aromatic N) is 1. The fourth-order valence-corrected chi connectivity index (χ4v) is 4.02. The van der Waals surface area contributed by atoms with Gasteiger partial charge in [-0.2, -0.15) is 0 Å². The molecule has 7 nitrogen and oxygen atoms in total. The van der Waals surface area contributed by atoms with Crippen LogP contribution in [0.3, 0.4) is 0 Å². The van der Waals surface area contributed by atoms with Crippen molar-refractivity contribution in [3.63, 3.8) is 0 Å². The first-order chi connectivity index (χ1) is 15.1. The number of hydrogen-bond donors (Lipinski definition) is 3. The maximum atomic E-state index is 12.4. The van der Waals surface area contributed by atoms with Gasteiger partial charge in [-0.25, -0.2) is 4.79 Å². The van der Waals surface area contributed by atoms with Crippen molar-refractivity contribution in [1.29, 1.82) is 0 Å². The average Bonchev–Trinajstić information content (AvgIpc) is 2.67. The van der Waals surface area contributed by atoms with Crippen LogP contribution in [0.2, 0.25) is 0 Å². The molecule has 0 aliphatic carbocycles. The predicted octanol–water partition coefficient (Wildman–Crippen LogP) is 4.65. The second-order valence-electron chi connectivity index (χ2n) is 10.6. The van der Waals surface area contributed by atoms with Crippen LogP contribution in [0.4, 0.5) is 4.79 Å². The van der Waals surface area contributed by atoms with Gasteiger partial charge in [0.15, 0.2) is 0 Å². The second-order valence-corrected chi connectivity index (χ2v) is 10.6. The Morgan fingerprint density at radius 2 is 1.38 bits per heavy atom. The van der Waals surface area contributed by atoms with E-state index in [-0.39, 0.29) is 11.9 Å². The van der Waals surface area contributed by atoms with E-state index >= 15 is 0 Å². The monoisotopic (exact) mass is 458 g/mol. The van der Waals surface area contributed by atoms with Crippen molar-refractivity contribution in [1.82, 2.24) is 10.6 Å². The molecule has 190 valence electrons. The molecule has 7 heteroatoms. The third kappa shape index (κ3) is 18.3. The normalized spacial score (nSPS) is 13.7. The molecule has 0 rings (SSSR count). The van der Waals surface area contributed by atoms with Gasteiger partial charge in [-0.15, -0.1) is 0 Å². The number of ether oxygens (including phenoxy) is 1. The summed E-state index contributed by atoms with van der Waals surface area (Å²) < 4.78 is 5.66. The smallest absolute Gasteiger partial charge is 0.315 e. The number of hydrogen-bond acceptors (Lipinski definition) is 3.